The highest BCUT2D eigenvalue weighted by Crippen LogP contribution is 2.48. The van der Waals surface area contributed by atoms with E-state index in [2.05, 4.69) is 20.9 Å². The van der Waals surface area contributed by atoms with Crippen LogP contribution in [0.5, 0.6) is 0 Å². The molecule has 1 aliphatic heterocycles. The van der Waals surface area contributed by atoms with Gasteiger partial charge in [0.1, 0.15) is 5.82 Å². The molecule has 19 heavy (non-hydrogen) atoms. The second-order valence-electron chi connectivity index (χ2n) is 5.14. The topological polar surface area (TPSA) is 49.7 Å². The number of carboxylic acids is 1. The fourth-order valence-corrected chi connectivity index (χ4v) is 3.68. The zero-order chi connectivity index (χ0) is 13.6. The van der Waals surface area contributed by atoms with E-state index in [1.54, 1.807) is 0 Å². The van der Waals surface area contributed by atoms with Crippen molar-refractivity contribution < 1.29 is 14.3 Å². The molecule has 1 saturated carbocycles. The molecule has 2 aliphatic rings. The molecule has 1 N–H and O–H groups in total. The Hall–Kier alpha value is -1.23. The lowest BCUT2D eigenvalue weighted by molar-refractivity contribution is -0.137. The Morgan fingerprint density at radius 1 is 1.47 bits per heavy atom. The first-order valence-electron chi connectivity index (χ1n) is 6.35. The quantitative estimate of drug-likeness (QED) is 0.892. The summed E-state index contributed by atoms with van der Waals surface area (Å²) in [6.45, 7) is 0. The molecule has 0 bridgehead atoms. The zero-order valence-electron chi connectivity index (χ0n) is 10.2. The van der Waals surface area contributed by atoms with Crippen LogP contribution >= 0.6 is 15.9 Å². The Kier molecular flexibility index (Phi) is 3.17. The minimum Gasteiger partial charge on any atom is -0.481 e. The second-order valence-corrected chi connectivity index (χ2v) is 5.99. The van der Waals surface area contributed by atoms with Crippen molar-refractivity contribution in [3.8, 4) is 0 Å². The van der Waals surface area contributed by atoms with E-state index in [4.69, 9.17) is 5.11 Å². The van der Waals surface area contributed by atoms with Crippen molar-refractivity contribution in [3.05, 3.63) is 28.0 Å². The summed E-state index contributed by atoms with van der Waals surface area (Å²) in [7, 11) is 0. The largest absolute Gasteiger partial charge is 0.481 e. The molecule has 0 spiro atoms. The van der Waals surface area contributed by atoms with Crippen LogP contribution in [0.1, 0.15) is 37.2 Å². The molecule has 3 rings (SSSR count). The number of carboxylic acid groups (broad SMARTS) is 1. The number of aliphatic imine (C=N–C) groups is 1. The van der Waals surface area contributed by atoms with Crippen LogP contribution < -0.4 is 0 Å². The van der Waals surface area contributed by atoms with E-state index < -0.39 is 5.97 Å². The van der Waals surface area contributed by atoms with Crippen molar-refractivity contribution in [1.29, 1.82) is 0 Å². The molecule has 0 aromatic heterocycles. The summed E-state index contributed by atoms with van der Waals surface area (Å²) in [5, 5.41) is 8.98. The van der Waals surface area contributed by atoms with Crippen molar-refractivity contribution in [2.24, 2.45) is 10.9 Å². The number of nitrogens with zero attached hydrogens (tertiary/aromatic N) is 1. The normalized spacial score (nSPS) is 24.6. The molecular weight excluding hydrogens is 313 g/mol. The van der Waals surface area contributed by atoms with Gasteiger partial charge < -0.3 is 5.11 Å². The number of fused-ring (bicyclic) bond motifs is 3. The van der Waals surface area contributed by atoms with Crippen LogP contribution in [0.3, 0.4) is 0 Å². The summed E-state index contributed by atoms with van der Waals surface area (Å²) in [6, 6.07) is 2.94. The van der Waals surface area contributed by atoms with Crippen LogP contribution in [-0.4, -0.2) is 16.8 Å². The first-order chi connectivity index (χ1) is 9.06. The zero-order valence-corrected chi connectivity index (χ0v) is 11.8. The molecule has 3 nitrogen and oxygen atoms in total. The Balaban J connectivity index is 2.01. The molecule has 1 aromatic carbocycles. The Morgan fingerprint density at radius 2 is 2.26 bits per heavy atom. The Labute approximate surface area is 118 Å². The van der Waals surface area contributed by atoms with E-state index >= 15 is 0 Å². The van der Waals surface area contributed by atoms with E-state index in [1.165, 1.54) is 12.1 Å². The van der Waals surface area contributed by atoms with E-state index in [9.17, 15) is 9.18 Å². The minimum absolute atomic E-state index is 0.0152. The minimum atomic E-state index is -0.797. The number of hydrogen-bond acceptors (Lipinski definition) is 2. The van der Waals surface area contributed by atoms with Gasteiger partial charge in [-0.3, -0.25) is 9.79 Å². The maximum absolute atomic E-state index is 13.5. The molecule has 1 aromatic rings. The predicted octanol–water partition coefficient (Wildman–Crippen LogP) is 4.03. The lowest BCUT2D eigenvalue weighted by atomic mass is 9.76. The van der Waals surface area contributed by atoms with Crippen LogP contribution in [0.2, 0.25) is 0 Å². The summed E-state index contributed by atoms with van der Waals surface area (Å²) < 4.78 is 14.2. The fraction of sp³-hybridized carbons (Fsp3) is 0.429. The Morgan fingerprint density at radius 3 is 3.00 bits per heavy atom. The third-order valence-electron chi connectivity index (χ3n) is 3.92. The van der Waals surface area contributed by atoms with Crippen LogP contribution in [0.15, 0.2) is 21.6 Å². The predicted molar refractivity (Wildman–Crippen MR) is 73.5 cm³/mol. The van der Waals surface area contributed by atoms with Gasteiger partial charge in [0.05, 0.1) is 12.1 Å². The fourth-order valence-electron chi connectivity index (χ4n) is 3.15. The van der Waals surface area contributed by atoms with E-state index in [0.29, 0.717) is 4.47 Å². The second kappa shape index (κ2) is 4.71. The monoisotopic (exact) mass is 325 g/mol. The highest BCUT2D eigenvalue weighted by Gasteiger charge is 2.37. The van der Waals surface area contributed by atoms with Gasteiger partial charge >= 0.3 is 5.97 Å². The molecule has 1 heterocycles. The summed E-state index contributed by atoms with van der Waals surface area (Å²) in [5.41, 5.74) is 2.60. The van der Waals surface area contributed by atoms with Crippen molar-refractivity contribution in [2.45, 2.75) is 31.6 Å². The SMILES string of the molecule is O=C(O)CC1CCCC2C1=Nc1c(Br)cc(F)cc12. The van der Waals surface area contributed by atoms with Crippen LogP contribution in [0.4, 0.5) is 10.1 Å². The molecule has 2 atom stereocenters. The molecule has 5 heteroatoms. The highest BCUT2D eigenvalue weighted by atomic mass is 79.9. The highest BCUT2D eigenvalue weighted by molar-refractivity contribution is 9.10. The molecule has 0 amide bonds. The molecule has 0 radical (unpaired) electrons. The lowest BCUT2D eigenvalue weighted by Crippen LogP contribution is -2.26. The van der Waals surface area contributed by atoms with Crippen molar-refractivity contribution in [2.75, 3.05) is 0 Å². The maximum atomic E-state index is 13.5. The smallest absolute Gasteiger partial charge is 0.304 e. The van der Waals surface area contributed by atoms with Crippen molar-refractivity contribution in [1.82, 2.24) is 0 Å². The standard InChI is InChI=1S/C14H13BrFNO2/c15-11-6-8(16)5-10-9-3-1-2-7(4-12(18)19)13(9)17-14(10)11/h5-7,9H,1-4H2,(H,18,19). The molecular formula is C14H13BrFNO2. The van der Waals surface area contributed by atoms with Crippen LogP contribution in [-0.2, 0) is 4.79 Å². The number of carbonyl (C=O) groups is 1. The molecule has 1 fully saturated rings. The van der Waals surface area contributed by atoms with Crippen molar-refractivity contribution >= 4 is 33.3 Å². The number of aliphatic carboxylic acids is 1. The lowest BCUT2D eigenvalue weighted by Gasteiger charge is -2.27. The summed E-state index contributed by atoms with van der Waals surface area (Å²) >= 11 is 3.34. The van der Waals surface area contributed by atoms with E-state index in [-0.39, 0.29) is 24.1 Å². The molecule has 1 aliphatic carbocycles. The van der Waals surface area contributed by atoms with Crippen molar-refractivity contribution in [3.63, 3.8) is 0 Å². The number of hydrogen-bond donors (Lipinski definition) is 1. The van der Waals surface area contributed by atoms with Gasteiger partial charge in [0.2, 0.25) is 0 Å². The van der Waals surface area contributed by atoms with Gasteiger partial charge in [-0.05, 0) is 46.5 Å². The van der Waals surface area contributed by atoms with Gasteiger partial charge in [0, 0.05) is 22.0 Å². The van der Waals surface area contributed by atoms with E-state index in [0.717, 1.165) is 36.2 Å². The average molecular weight is 326 g/mol. The molecule has 0 saturated heterocycles. The molecule has 100 valence electrons. The third-order valence-corrected chi connectivity index (χ3v) is 4.52. The Bertz CT molecular complexity index is 585. The number of rotatable bonds is 2. The molecule has 2 unspecified atom stereocenters. The number of halogens is 2. The summed E-state index contributed by atoms with van der Waals surface area (Å²) in [5.74, 6) is -0.990. The summed E-state index contributed by atoms with van der Waals surface area (Å²) in [4.78, 5) is 15.5. The first-order valence-corrected chi connectivity index (χ1v) is 7.14. The van der Waals surface area contributed by atoms with Gasteiger partial charge in [-0.15, -0.1) is 0 Å². The van der Waals surface area contributed by atoms with Crippen LogP contribution in [0, 0.1) is 11.7 Å². The third kappa shape index (κ3) is 2.20. The maximum Gasteiger partial charge on any atom is 0.304 e. The first kappa shape index (κ1) is 12.8. The van der Waals surface area contributed by atoms with E-state index in [1.807, 2.05) is 0 Å². The summed E-state index contributed by atoms with van der Waals surface area (Å²) in [6.07, 6.45) is 2.87. The van der Waals surface area contributed by atoms with Gasteiger partial charge in [0.15, 0.2) is 0 Å². The van der Waals surface area contributed by atoms with Gasteiger partial charge in [0.25, 0.3) is 0 Å². The number of benzene rings is 1. The van der Waals surface area contributed by atoms with Gasteiger partial charge in [-0.25, -0.2) is 4.39 Å². The van der Waals surface area contributed by atoms with Gasteiger partial charge in [-0.2, -0.15) is 0 Å². The van der Waals surface area contributed by atoms with Crippen LogP contribution in [0.25, 0.3) is 0 Å². The average Bonchev–Trinajstić information content (AvgIpc) is 2.69. The van der Waals surface area contributed by atoms with Gasteiger partial charge in [-0.1, -0.05) is 6.42 Å².